The number of nitrogens with zero attached hydrogens (tertiary/aromatic N) is 2. The zero-order chi connectivity index (χ0) is 30.7. The van der Waals surface area contributed by atoms with E-state index in [2.05, 4.69) is 9.88 Å². The van der Waals surface area contributed by atoms with Crippen LogP contribution in [0.5, 0.6) is 23.0 Å². The Morgan fingerprint density at radius 3 is 1.89 bits per heavy atom. The summed E-state index contributed by atoms with van der Waals surface area (Å²) in [4.78, 5) is 34.8. The van der Waals surface area contributed by atoms with E-state index in [1.807, 2.05) is 48.5 Å². The van der Waals surface area contributed by atoms with Crippen molar-refractivity contribution in [3.05, 3.63) is 93.8 Å². The molecule has 3 aromatic carbocycles. The van der Waals surface area contributed by atoms with Crippen molar-refractivity contribution in [2.24, 2.45) is 5.41 Å². The first-order valence-electron chi connectivity index (χ1n) is 15.1. The van der Waals surface area contributed by atoms with Gasteiger partial charge < -0.3 is 33.7 Å². The van der Waals surface area contributed by atoms with Crippen LogP contribution in [0.1, 0.15) is 40.7 Å². The summed E-state index contributed by atoms with van der Waals surface area (Å²) < 4.78 is 23.0. The molecule has 0 saturated carbocycles. The van der Waals surface area contributed by atoms with E-state index in [0.29, 0.717) is 35.6 Å². The molecule has 230 valence electrons. The Morgan fingerprint density at radius 2 is 1.36 bits per heavy atom. The molecular formula is C35H39N3O6. The van der Waals surface area contributed by atoms with Gasteiger partial charge in [-0.2, -0.15) is 0 Å². The van der Waals surface area contributed by atoms with Gasteiger partial charge in [0.2, 0.25) is 5.43 Å². The van der Waals surface area contributed by atoms with Gasteiger partial charge in [0.05, 0.1) is 25.1 Å². The molecule has 9 nitrogen and oxygen atoms in total. The molecule has 0 radical (unpaired) electrons. The number of aromatic amines is 1. The summed E-state index contributed by atoms with van der Waals surface area (Å²) in [7, 11) is 5.06. The fourth-order valence-electron chi connectivity index (χ4n) is 6.29. The summed E-state index contributed by atoms with van der Waals surface area (Å²) in [5.74, 6) is 2.15. The van der Waals surface area contributed by atoms with Crippen molar-refractivity contribution >= 4 is 16.8 Å². The number of piperidine rings is 3. The monoisotopic (exact) mass is 597 g/mol. The Hall–Kier alpha value is -4.50. The molecule has 0 spiro atoms. The minimum atomic E-state index is -0.331. The van der Waals surface area contributed by atoms with Crippen molar-refractivity contribution in [2.45, 2.75) is 32.5 Å². The largest absolute Gasteiger partial charge is 0.497 e. The van der Waals surface area contributed by atoms with Crippen LogP contribution < -0.4 is 24.4 Å². The summed E-state index contributed by atoms with van der Waals surface area (Å²) in [5.41, 5.74) is 2.38. The van der Waals surface area contributed by atoms with E-state index < -0.39 is 0 Å². The first-order valence-corrected chi connectivity index (χ1v) is 15.1. The van der Waals surface area contributed by atoms with Crippen LogP contribution in [0.25, 0.3) is 10.9 Å². The number of hydrogen-bond donors (Lipinski definition) is 1. The van der Waals surface area contributed by atoms with Crippen LogP contribution in [0.3, 0.4) is 0 Å². The number of pyridine rings is 1. The van der Waals surface area contributed by atoms with Crippen LogP contribution in [0.15, 0.2) is 71.7 Å². The van der Waals surface area contributed by atoms with Crippen molar-refractivity contribution in [1.82, 2.24) is 14.8 Å². The molecule has 3 saturated heterocycles. The van der Waals surface area contributed by atoms with Gasteiger partial charge in [0.25, 0.3) is 5.91 Å². The van der Waals surface area contributed by atoms with E-state index in [0.717, 1.165) is 61.5 Å². The standard InChI is InChI=1S/C35H39N3O6/c1-37(23-35-12-15-38(16-13-35)17-14-35)34(40)29-20-36-30-19-32(44-22-25-6-10-27(42-3)11-7-25)31(18-28(30)33(29)39)43-21-24-4-8-26(41-2)9-5-24/h4-11,18-20H,12-17,21-23H2,1-3H3,(H,36,39). The fraction of sp³-hybridized carbons (Fsp3) is 0.371. The van der Waals surface area contributed by atoms with Crippen molar-refractivity contribution in [1.29, 1.82) is 0 Å². The van der Waals surface area contributed by atoms with Gasteiger partial charge in [-0.15, -0.1) is 0 Å². The van der Waals surface area contributed by atoms with Crippen molar-refractivity contribution in [3.8, 4) is 23.0 Å². The van der Waals surface area contributed by atoms with Crippen LogP contribution in [0.4, 0.5) is 0 Å². The molecule has 3 fully saturated rings. The van der Waals surface area contributed by atoms with Crippen LogP contribution in [0, 0.1) is 5.41 Å². The Morgan fingerprint density at radius 1 is 0.841 bits per heavy atom. The molecule has 7 rings (SSSR count). The highest BCUT2D eigenvalue weighted by atomic mass is 16.5. The van der Waals surface area contributed by atoms with E-state index in [-0.39, 0.29) is 28.9 Å². The van der Waals surface area contributed by atoms with Gasteiger partial charge in [0, 0.05) is 25.9 Å². The topological polar surface area (TPSA) is 93.3 Å². The molecule has 0 unspecified atom stereocenters. The van der Waals surface area contributed by atoms with Crippen molar-refractivity contribution < 1.29 is 23.7 Å². The van der Waals surface area contributed by atoms with Gasteiger partial charge in [-0.25, -0.2) is 0 Å². The molecular weight excluding hydrogens is 558 g/mol. The number of fused-ring (bicyclic) bond motifs is 4. The van der Waals surface area contributed by atoms with E-state index in [4.69, 9.17) is 18.9 Å². The second kappa shape index (κ2) is 12.6. The number of carbonyl (C=O) groups is 1. The van der Waals surface area contributed by atoms with Gasteiger partial charge in [-0.05, 0) is 85.8 Å². The number of H-pyrrole nitrogens is 1. The van der Waals surface area contributed by atoms with Gasteiger partial charge in [-0.1, -0.05) is 24.3 Å². The zero-order valence-electron chi connectivity index (χ0n) is 25.6. The van der Waals surface area contributed by atoms with E-state index in [9.17, 15) is 9.59 Å². The Balaban J connectivity index is 1.27. The fourth-order valence-corrected chi connectivity index (χ4v) is 6.29. The van der Waals surface area contributed by atoms with Crippen molar-refractivity contribution in [2.75, 3.05) is 47.4 Å². The molecule has 3 aliphatic heterocycles. The maximum atomic E-state index is 13.8. The minimum absolute atomic E-state index is 0.123. The van der Waals surface area contributed by atoms with E-state index in [1.54, 1.807) is 38.3 Å². The number of nitrogens with one attached hydrogen (secondary N) is 1. The maximum absolute atomic E-state index is 13.8. The van der Waals surface area contributed by atoms with Crippen molar-refractivity contribution in [3.63, 3.8) is 0 Å². The number of carbonyl (C=O) groups excluding carboxylic acids is 1. The predicted molar refractivity (Wildman–Crippen MR) is 169 cm³/mol. The summed E-state index contributed by atoms with van der Waals surface area (Å²) >= 11 is 0. The third-order valence-corrected chi connectivity index (χ3v) is 9.08. The molecule has 0 atom stereocenters. The lowest BCUT2D eigenvalue weighted by molar-refractivity contribution is 0.00506. The molecule has 1 amide bonds. The smallest absolute Gasteiger partial charge is 0.259 e. The van der Waals surface area contributed by atoms with Crippen LogP contribution in [-0.2, 0) is 13.2 Å². The van der Waals surface area contributed by atoms with Crippen LogP contribution in [0.2, 0.25) is 0 Å². The van der Waals surface area contributed by atoms with Gasteiger partial charge in [0.1, 0.15) is 30.3 Å². The Labute approximate surface area is 257 Å². The summed E-state index contributed by atoms with van der Waals surface area (Å²) in [6.45, 7) is 4.46. The number of aromatic nitrogens is 1. The third kappa shape index (κ3) is 6.24. The molecule has 1 aromatic heterocycles. The maximum Gasteiger partial charge on any atom is 0.259 e. The molecule has 0 aliphatic carbocycles. The van der Waals surface area contributed by atoms with Gasteiger partial charge >= 0.3 is 0 Å². The zero-order valence-corrected chi connectivity index (χ0v) is 25.6. The highest BCUT2D eigenvalue weighted by Crippen LogP contribution is 2.40. The average Bonchev–Trinajstić information content (AvgIpc) is 3.07. The van der Waals surface area contributed by atoms with Gasteiger partial charge in [0.15, 0.2) is 11.5 Å². The molecule has 4 heterocycles. The molecule has 3 aliphatic rings. The normalized spacial score (nSPS) is 19.0. The number of benzene rings is 3. The summed E-state index contributed by atoms with van der Waals surface area (Å²) in [6.07, 6.45) is 4.79. The molecule has 9 heteroatoms. The Bertz CT molecular complexity index is 1660. The summed E-state index contributed by atoms with van der Waals surface area (Å²) in [5, 5.41) is 0.370. The number of methoxy groups -OCH3 is 2. The predicted octanol–water partition coefficient (Wildman–Crippen LogP) is 5.26. The summed E-state index contributed by atoms with van der Waals surface area (Å²) in [6, 6.07) is 18.6. The lowest BCUT2D eigenvalue weighted by Crippen LogP contribution is -2.53. The number of ether oxygens (including phenoxy) is 4. The minimum Gasteiger partial charge on any atom is -0.497 e. The second-order valence-corrected chi connectivity index (χ2v) is 11.9. The third-order valence-electron chi connectivity index (χ3n) is 9.08. The highest BCUT2D eigenvalue weighted by molar-refractivity contribution is 5.97. The lowest BCUT2D eigenvalue weighted by atomic mass is 9.71. The number of rotatable bonds is 11. The first-order chi connectivity index (χ1) is 21.4. The van der Waals surface area contributed by atoms with E-state index in [1.165, 1.54) is 6.20 Å². The molecule has 4 aromatic rings. The lowest BCUT2D eigenvalue weighted by Gasteiger charge is -2.49. The molecule has 44 heavy (non-hydrogen) atoms. The van der Waals surface area contributed by atoms with Crippen LogP contribution >= 0.6 is 0 Å². The highest BCUT2D eigenvalue weighted by Gasteiger charge is 2.40. The van der Waals surface area contributed by atoms with Crippen LogP contribution in [-0.4, -0.2) is 68.1 Å². The quantitative estimate of drug-likeness (QED) is 0.252. The molecule has 2 bridgehead atoms. The number of amides is 1. The first kappa shape index (κ1) is 29.6. The van der Waals surface area contributed by atoms with Gasteiger partial charge in [-0.3, -0.25) is 9.59 Å². The molecule has 1 N–H and O–H groups in total. The second-order valence-electron chi connectivity index (χ2n) is 11.9. The number of hydrogen-bond acceptors (Lipinski definition) is 7. The SMILES string of the molecule is COc1ccc(COc2cc3[nH]cc(C(=O)N(C)CC45CCN(CC4)CC5)c(=O)c3cc2OCc2ccc(OC)cc2)cc1. The Kier molecular flexibility index (Phi) is 8.48. The van der Waals surface area contributed by atoms with E-state index >= 15 is 0 Å². The average molecular weight is 598 g/mol.